The van der Waals surface area contributed by atoms with E-state index >= 15 is 0 Å². The number of halogens is 1. The zero-order valence-electron chi connectivity index (χ0n) is 10.2. The second kappa shape index (κ2) is 5.03. The number of rotatable bonds is 2. The molecule has 96 valence electrons. The molecular weight excluding hydrogens is 300 g/mol. The van der Waals surface area contributed by atoms with Gasteiger partial charge in [-0.3, -0.25) is 0 Å². The van der Waals surface area contributed by atoms with E-state index in [-0.39, 0.29) is 5.28 Å². The van der Waals surface area contributed by atoms with Gasteiger partial charge in [0.25, 0.3) is 0 Å². The normalized spacial score (nSPS) is 11.1. The van der Waals surface area contributed by atoms with Crippen molar-refractivity contribution in [1.29, 1.82) is 0 Å². The lowest BCUT2D eigenvalue weighted by Crippen LogP contribution is -1.94. The molecule has 0 aliphatic carbocycles. The fraction of sp³-hybridized carbons (Fsp3) is 0.167. The minimum atomic E-state index is 0.252. The first-order valence-electron chi connectivity index (χ1n) is 5.53. The van der Waals surface area contributed by atoms with Crippen LogP contribution in [0.5, 0.6) is 0 Å². The fourth-order valence-corrected chi connectivity index (χ4v) is 3.76. The maximum Gasteiger partial charge on any atom is 0.224 e. The summed E-state index contributed by atoms with van der Waals surface area (Å²) >= 11 is 8.90. The van der Waals surface area contributed by atoms with Crippen LogP contribution in [0.15, 0.2) is 27.7 Å². The van der Waals surface area contributed by atoms with Crippen molar-refractivity contribution in [3.63, 3.8) is 0 Å². The lowest BCUT2D eigenvalue weighted by molar-refractivity contribution is 0.899. The Labute approximate surface area is 123 Å². The zero-order chi connectivity index (χ0) is 13.4. The molecule has 0 aliphatic rings. The predicted molar refractivity (Wildman–Crippen MR) is 78.1 cm³/mol. The Bertz CT molecular complexity index is 736. The number of thiophene rings is 1. The number of aryl methyl sites for hydroxylation is 2. The molecule has 0 saturated carbocycles. The van der Waals surface area contributed by atoms with Crippen LogP contribution in [0.4, 0.5) is 0 Å². The van der Waals surface area contributed by atoms with Gasteiger partial charge in [-0.25, -0.2) is 19.9 Å². The van der Waals surface area contributed by atoms with Crippen LogP contribution in [-0.2, 0) is 0 Å². The van der Waals surface area contributed by atoms with Gasteiger partial charge in [0.1, 0.15) is 9.86 Å². The lowest BCUT2D eigenvalue weighted by atomic mass is 10.4. The average molecular weight is 309 g/mol. The molecular formula is C12H9ClN4S2. The van der Waals surface area contributed by atoms with Gasteiger partial charge in [-0.05, 0) is 54.7 Å². The second-order valence-corrected chi connectivity index (χ2v) is 6.16. The van der Waals surface area contributed by atoms with Crippen LogP contribution in [0.1, 0.15) is 11.4 Å². The summed E-state index contributed by atoms with van der Waals surface area (Å²) in [5.41, 5.74) is 1.88. The molecule has 0 N–H and O–H groups in total. The highest BCUT2D eigenvalue weighted by Gasteiger charge is 2.11. The van der Waals surface area contributed by atoms with Crippen LogP contribution < -0.4 is 0 Å². The molecule has 3 aromatic heterocycles. The summed E-state index contributed by atoms with van der Waals surface area (Å²) in [6.45, 7) is 3.90. The van der Waals surface area contributed by atoms with E-state index in [0.717, 1.165) is 26.6 Å². The minimum Gasteiger partial charge on any atom is -0.228 e. The monoisotopic (exact) mass is 308 g/mol. The van der Waals surface area contributed by atoms with Crippen LogP contribution >= 0.6 is 34.7 Å². The molecule has 0 saturated heterocycles. The molecule has 3 aromatic rings. The molecule has 0 atom stereocenters. The third-order valence-corrected chi connectivity index (χ3v) is 4.26. The van der Waals surface area contributed by atoms with E-state index in [0.29, 0.717) is 5.16 Å². The van der Waals surface area contributed by atoms with Crippen molar-refractivity contribution in [1.82, 2.24) is 19.9 Å². The molecule has 0 aromatic carbocycles. The molecule has 0 aliphatic heterocycles. The van der Waals surface area contributed by atoms with Crippen molar-refractivity contribution in [2.45, 2.75) is 24.0 Å². The van der Waals surface area contributed by atoms with E-state index in [1.807, 2.05) is 31.4 Å². The van der Waals surface area contributed by atoms with Gasteiger partial charge < -0.3 is 0 Å². The second-order valence-electron chi connectivity index (χ2n) is 3.97. The topological polar surface area (TPSA) is 51.6 Å². The third kappa shape index (κ3) is 2.70. The molecule has 3 rings (SSSR count). The Morgan fingerprint density at radius 2 is 1.84 bits per heavy atom. The third-order valence-electron chi connectivity index (χ3n) is 2.41. The first-order valence-corrected chi connectivity index (χ1v) is 7.60. The van der Waals surface area contributed by atoms with E-state index in [1.165, 1.54) is 11.8 Å². The molecule has 19 heavy (non-hydrogen) atoms. The fourth-order valence-electron chi connectivity index (χ4n) is 1.71. The summed E-state index contributed by atoms with van der Waals surface area (Å²) in [6.07, 6.45) is 0. The molecule has 4 nitrogen and oxygen atoms in total. The Kier molecular flexibility index (Phi) is 3.38. The van der Waals surface area contributed by atoms with Crippen LogP contribution in [0.3, 0.4) is 0 Å². The highest BCUT2D eigenvalue weighted by atomic mass is 35.5. The number of aromatic nitrogens is 4. The first-order chi connectivity index (χ1) is 9.11. The van der Waals surface area contributed by atoms with E-state index in [9.17, 15) is 0 Å². The highest BCUT2D eigenvalue weighted by Crippen LogP contribution is 2.32. The van der Waals surface area contributed by atoms with Crippen LogP contribution in [0.2, 0.25) is 5.28 Å². The lowest BCUT2D eigenvalue weighted by Gasteiger charge is -2.03. The smallest absolute Gasteiger partial charge is 0.224 e. The summed E-state index contributed by atoms with van der Waals surface area (Å²) < 4.78 is 0. The van der Waals surface area contributed by atoms with Gasteiger partial charge in [-0.15, -0.1) is 11.3 Å². The molecule has 0 radical (unpaired) electrons. The molecule has 0 amide bonds. The standard InChI is InChI=1S/C12H9ClN4S2/c1-6-5-7(2)15-12(14-6)19-10-8-3-4-18-9(8)16-11(13)17-10/h3-5H,1-2H3. The molecule has 0 spiro atoms. The van der Waals surface area contributed by atoms with E-state index < -0.39 is 0 Å². The van der Waals surface area contributed by atoms with Crippen LogP contribution in [-0.4, -0.2) is 19.9 Å². The van der Waals surface area contributed by atoms with Gasteiger partial charge >= 0.3 is 0 Å². The molecule has 7 heteroatoms. The SMILES string of the molecule is Cc1cc(C)nc(Sc2nc(Cl)nc3sccc23)n1. The Hall–Kier alpha value is -1.24. The van der Waals surface area contributed by atoms with Crippen molar-refractivity contribution < 1.29 is 0 Å². The average Bonchev–Trinajstić information content (AvgIpc) is 2.75. The van der Waals surface area contributed by atoms with Gasteiger partial charge in [0.15, 0.2) is 5.16 Å². The quantitative estimate of drug-likeness (QED) is 0.531. The summed E-state index contributed by atoms with van der Waals surface area (Å²) in [5.74, 6) is 0. The Morgan fingerprint density at radius 3 is 2.58 bits per heavy atom. The van der Waals surface area contributed by atoms with Gasteiger partial charge in [0.05, 0.1) is 0 Å². The highest BCUT2D eigenvalue weighted by molar-refractivity contribution is 7.99. The van der Waals surface area contributed by atoms with E-state index in [4.69, 9.17) is 11.6 Å². The first kappa shape index (κ1) is 12.8. The van der Waals surface area contributed by atoms with Crippen molar-refractivity contribution >= 4 is 44.9 Å². The van der Waals surface area contributed by atoms with Crippen LogP contribution in [0, 0.1) is 13.8 Å². The number of hydrogen-bond donors (Lipinski definition) is 0. The van der Waals surface area contributed by atoms with Gasteiger partial charge in [0.2, 0.25) is 5.28 Å². The number of hydrogen-bond acceptors (Lipinski definition) is 6. The zero-order valence-corrected chi connectivity index (χ0v) is 12.6. The Balaban J connectivity index is 2.07. The van der Waals surface area contributed by atoms with Gasteiger partial charge in [-0.1, -0.05) is 0 Å². The molecule has 0 bridgehead atoms. The summed E-state index contributed by atoms with van der Waals surface area (Å²) in [7, 11) is 0. The molecule has 3 heterocycles. The van der Waals surface area contributed by atoms with Gasteiger partial charge in [0, 0.05) is 16.8 Å². The summed E-state index contributed by atoms with van der Waals surface area (Å²) in [5, 5.41) is 4.69. The van der Waals surface area contributed by atoms with E-state index in [2.05, 4.69) is 19.9 Å². The summed E-state index contributed by atoms with van der Waals surface area (Å²) in [6, 6.07) is 3.93. The van der Waals surface area contributed by atoms with Crippen molar-refractivity contribution in [2.24, 2.45) is 0 Å². The van der Waals surface area contributed by atoms with Gasteiger partial charge in [-0.2, -0.15) is 0 Å². The number of fused-ring (bicyclic) bond motifs is 1. The summed E-state index contributed by atoms with van der Waals surface area (Å²) in [4.78, 5) is 18.1. The molecule has 0 fully saturated rings. The van der Waals surface area contributed by atoms with Crippen molar-refractivity contribution in [3.8, 4) is 0 Å². The number of nitrogens with zero attached hydrogens (tertiary/aromatic N) is 4. The van der Waals surface area contributed by atoms with Crippen LogP contribution in [0.25, 0.3) is 10.2 Å². The Morgan fingerprint density at radius 1 is 1.11 bits per heavy atom. The largest absolute Gasteiger partial charge is 0.228 e. The molecule has 0 unspecified atom stereocenters. The predicted octanol–water partition coefficient (Wildman–Crippen LogP) is 3.90. The van der Waals surface area contributed by atoms with Crippen molar-refractivity contribution in [2.75, 3.05) is 0 Å². The maximum absolute atomic E-state index is 5.94. The maximum atomic E-state index is 5.94. The van der Waals surface area contributed by atoms with Crippen molar-refractivity contribution in [3.05, 3.63) is 34.2 Å². The van der Waals surface area contributed by atoms with E-state index in [1.54, 1.807) is 11.3 Å². The minimum absolute atomic E-state index is 0.252.